The summed E-state index contributed by atoms with van der Waals surface area (Å²) in [6.07, 6.45) is 2.80. The van der Waals surface area contributed by atoms with Crippen molar-refractivity contribution < 1.29 is 17.6 Å². The number of nitrogens with one attached hydrogen (secondary N) is 2. The van der Waals surface area contributed by atoms with Gasteiger partial charge in [0, 0.05) is 28.5 Å². The van der Waals surface area contributed by atoms with Crippen LogP contribution < -0.4 is 19.7 Å². The monoisotopic (exact) mass is 588 g/mol. The normalized spacial score (nSPS) is 17.4. The van der Waals surface area contributed by atoms with Gasteiger partial charge in [0.25, 0.3) is 0 Å². The number of ether oxygens (including phenoxy) is 1. The zero-order chi connectivity index (χ0) is 27.0. The number of thiocarbonyl (C=S) groups is 1. The summed E-state index contributed by atoms with van der Waals surface area (Å²) in [7, 11) is -2.04. The van der Waals surface area contributed by atoms with Crippen molar-refractivity contribution in [3.05, 3.63) is 94.4 Å². The molecule has 2 N–H and O–H groups in total. The number of hydrogen-bond donors (Lipinski definition) is 2. The first kappa shape index (κ1) is 26.3. The molecule has 1 fully saturated rings. The second kappa shape index (κ2) is 10.5. The fourth-order valence-electron chi connectivity index (χ4n) is 4.38. The number of hydrogen-bond acceptors (Lipinski definition) is 6. The van der Waals surface area contributed by atoms with Crippen LogP contribution in [0.4, 0.5) is 11.4 Å². The van der Waals surface area contributed by atoms with Gasteiger partial charge in [-0.15, -0.1) is 0 Å². The van der Waals surface area contributed by atoms with E-state index in [0.29, 0.717) is 49.4 Å². The lowest BCUT2D eigenvalue weighted by Gasteiger charge is -2.27. The molecule has 0 amide bonds. The van der Waals surface area contributed by atoms with Crippen LogP contribution in [0.25, 0.3) is 11.3 Å². The lowest BCUT2D eigenvalue weighted by Crippen LogP contribution is -2.29. The summed E-state index contributed by atoms with van der Waals surface area (Å²) in [5.74, 6) is 1.53. The Morgan fingerprint density at radius 2 is 1.92 bits per heavy atom. The van der Waals surface area contributed by atoms with Gasteiger partial charge in [-0.25, -0.2) is 8.42 Å². The van der Waals surface area contributed by atoms with E-state index in [4.69, 9.17) is 44.6 Å². The number of benzene rings is 2. The molecule has 0 spiro atoms. The summed E-state index contributed by atoms with van der Waals surface area (Å²) < 4.78 is 37.9. The average Bonchev–Trinajstić information content (AvgIpc) is 3.48. The minimum Gasteiger partial charge on any atom is -0.494 e. The molecule has 8 nitrogen and oxygen atoms in total. The van der Waals surface area contributed by atoms with Gasteiger partial charge in [0.1, 0.15) is 23.3 Å². The second-order valence-corrected chi connectivity index (χ2v) is 11.6. The first-order valence-corrected chi connectivity index (χ1v) is 14.4. The number of rotatable bonds is 7. The fourth-order valence-corrected chi connectivity index (χ4v) is 5.80. The van der Waals surface area contributed by atoms with Crippen LogP contribution in [-0.2, 0) is 10.0 Å². The molecule has 38 heavy (non-hydrogen) atoms. The molecule has 196 valence electrons. The van der Waals surface area contributed by atoms with Crippen LogP contribution in [0.15, 0.2) is 77.3 Å². The minimum absolute atomic E-state index is 0.312. The highest BCUT2D eigenvalue weighted by Gasteiger charge is 2.43. The van der Waals surface area contributed by atoms with Crippen molar-refractivity contribution in [2.75, 3.05) is 23.0 Å². The zero-order valence-electron chi connectivity index (χ0n) is 20.2. The van der Waals surface area contributed by atoms with Gasteiger partial charge in [-0.1, -0.05) is 29.3 Å². The van der Waals surface area contributed by atoms with Crippen molar-refractivity contribution in [1.29, 1.82) is 0 Å². The molecule has 12 heteroatoms. The van der Waals surface area contributed by atoms with E-state index in [1.54, 1.807) is 42.6 Å². The average molecular weight is 590 g/mol. The van der Waals surface area contributed by atoms with E-state index in [1.165, 1.54) is 7.11 Å². The maximum absolute atomic E-state index is 11.8. The predicted octanol–water partition coefficient (Wildman–Crippen LogP) is 6.21. The van der Waals surface area contributed by atoms with Gasteiger partial charge in [-0.3, -0.25) is 9.71 Å². The molecule has 1 saturated heterocycles. The molecular formula is C26H22Cl2N4O4S2. The lowest BCUT2D eigenvalue weighted by molar-refractivity contribution is 0.416. The second-order valence-electron chi connectivity index (χ2n) is 8.58. The molecule has 0 aliphatic carbocycles. The van der Waals surface area contributed by atoms with E-state index in [0.717, 1.165) is 11.9 Å². The van der Waals surface area contributed by atoms with Crippen LogP contribution in [0.5, 0.6) is 5.75 Å². The molecule has 1 aliphatic heterocycles. The number of sulfonamides is 1. The molecule has 2 aromatic heterocycles. The molecule has 2 atom stereocenters. The number of anilines is 2. The summed E-state index contributed by atoms with van der Waals surface area (Å²) in [4.78, 5) is 6.44. The first-order valence-electron chi connectivity index (χ1n) is 11.4. The number of methoxy groups -OCH3 is 1. The number of halogens is 2. The molecule has 2 aromatic carbocycles. The van der Waals surface area contributed by atoms with E-state index in [2.05, 4.69) is 15.0 Å². The number of pyridine rings is 1. The fraction of sp³-hybridized carbons (Fsp3) is 0.154. The minimum atomic E-state index is -3.50. The maximum Gasteiger partial charge on any atom is 0.229 e. The largest absolute Gasteiger partial charge is 0.494 e. The Hall–Kier alpha value is -3.31. The lowest BCUT2D eigenvalue weighted by atomic mass is 10.0. The summed E-state index contributed by atoms with van der Waals surface area (Å²) >= 11 is 18.3. The third kappa shape index (κ3) is 5.30. The van der Waals surface area contributed by atoms with E-state index < -0.39 is 16.1 Å². The maximum atomic E-state index is 11.8. The molecular weight excluding hydrogens is 567 g/mol. The highest BCUT2D eigenvalue weighted by Crippen LogP contribution is 2.45. The van der Waals surface area contributed by atoms with Gasteiger partial charge < -0.3 is 19.4 Å². The predicted molar refractivity (Wildman–Crippen MR) is 154 cm³/mol. The smallest absolute Gasteiger partial charge is 0.229 e. The standard InChI is InChI=1S/C26H22Cl2N4O4S2/c1-35-23-14-16(7-9-19(23)31-38(2,33)34)32-25(24(30-26(32)37)20-5-3-4-12-29-20)22-11-10-21(36-22)17-8-6-15(27)13-18(17)28/h3-14,24-25,31H,1-2H3,(H,30,37)/t24-,25-/m1/s1. The summed E-state index contributed by atoms with van der Waals surface area (Å²) in [6.45, 7) is 0. The van der Waals surface area contributed by atoms with Crippen molar-refractivity contribution in [2.24, 2.45) is 0 Å². The Labute approximate surface area is 235 Å². The first-order chi connectivity index (χ1) is 18.1. The molecule has 4 aromatic rings. The van der Waals surface area contributed by atoms with Crippen LogP contribution >= 0.6 is 35.4 Å². The number of furan rings is 1. The molecule has 5 rings (SSSR count). The molecule has 0 saturated carbocycles. The van der Waals surface area contributed by atoms with Crippen LogP contribution in [-0.4, -0.2) is 31.9 Å². The SMILES string of the molecule is COc1cc(N2C(=S)N[C@H](c3ccccn3)[C@H]2c2ccc(-c3ccc(Cl)cc3Cl)o2)ccc1NS(C)(=O)=O. The molecule has 3 heterocycles. The molecule has 0 bridgehead atoms. The van der Waals surface area contributed by atoms with Crippen molar-refractivity contribution >= 4 is 61.9 Å². The van der Waals surface area contributed by atoms with E-state index in [1.807, 2.05) is 35.2 Å². The van der Waals surface area contributed by atoms with Gasteiger partial charge in [-0.05, 0) is 66.8 Å². The number of aromatic nitrogens is 1. The summed E-state index contributed by atoms with van der Waals surface area (Å²) in [6, 6.07) is 18.9. The third-order valence-electron chi connectivity index (χ3n) is 5.97. The Kier molecular flexibility index (Phi) is 7.23. The van der Waals surface area contributed by atoms with Gasteiger partial charge in [0.05, 0.1) is 35.8 Å². The Morgan fingerprint density at radius 3 is 2.61 bits per heavy atom. The van der Waals surface area contributed by atoms with E-state index in [-0.39, 0.29) is 6.04 Å². The summed E-state index contributed by atoms with van der Waals surface area (Å²) in [5.41, 5.74) is 2.46. The highest BCUT2D eigenvalue weighted by atomic mass is 35.5. The topological polar surface area (TPSA) is 96.7 Å². The van der Waals surface area contributed by atoms with Gasteiger partial charge >= 0.3 is 0 Å². The van der Waals surface area contributed by atoms with Gasteiger partial charge in [-0.2, -0.15) is 0 Å². The van der Waals surface area contributed by atoms with Crippen molar-refractivity contribution in [2.45, 2.75) is 12.1 Å². The van der Waals surface area contributed by atoms with Crippen molar-refractivity contribution in [1.82, 2.24) is 10.3 Å². The van der Waals surface area contributed by atoms with Crippen molar-refractivity contribution in [3.63, 3.8) is 0 Å². The van der Waals surface area contributed by atoms with Gasteiger partial charge in [0.2, 0.25) is 10.0 Å². The van der Waals surface area contributed by atoms with E-state index >= 15 is 0 Å². The Balaban J connectivity index is 1.60. The zero-order valence-corrected chi connectivity index (χ0v) is 23.3. The van der Waals surface area contributed by atoms with Gasteiger partial charge in [0.15, 0.2) is 5.11 Å². The molecule has 0 unspecified atom stereocenters. The molecule has 0 radical (unpaired) electrons. The van der Waals surface area contributed by atoms with Crippen LogP contribution in [0.2, 0.25) is 10.0 Å². The Morgan fingerprint density at radius 1 is 1.11 bits per heavy atom. The quantitative estimate of drug-likeness (QED) is 0.246. The van der Waals surface area contributed by atoms with Crippen molar-refractivity contribution in [3.8, 4) is 17.1 Å². The number of nitrogens with zero attached hydrogens (tertiary/aromatic N) is 2. The summed E-state index contributed by atoms with van der Waals surface area (Å²) in [5, 5.41) is 4.80. The van der Waals surface area contributed by atoms with E-state index in [9.17, 15) is 8.42 Å². The van der Waals surface area contributed by atoms with Crippen LogP contribution in [0, 0.1) is 0 Å². The highest BCUT2D eigenvalue weighted by molar-refractivity contribution is 7.92. The molecule has 1 aliphatic rings. The van der Waals surface area contributed by atoms with Crippen LogP contribution in [0.3, 0.4) is 0 Å². The Bertz CT molecular complexity index is 1610. The van der Waals surface area contributed by atoms with Crippen LogP contribution in [0.1, 0.15) is 23.5 Å². The third-order valence-corrected chi connectivity index (χ3v) is 7.42.